The Morgan fingerprint density at radius 2 is 2.24 bits per heavy atom. The molecule has 0 atom stereocenters. The molecular weight excluding hydrogens is 242 g/mol. The number of halogens is 1. The van der Waals surface area contributed by atoms with Crippen molar-refractivity contribution in [1.29, 1.82) is 0 Å². The van der Waals surface area contributed by atoms with Crippen LogP contribution in [0.25, 0.3) is 0 Å². The first-order valence-corrected chi connectivity index (χ1v) is 5.90. The van der Waals surface area contributed by atoms with Gasteiger partial charge in [0.15, 0.2) is 5.15 Å². The summed E-state index contributed by atoms with van der Waals surface area (Å²) in [6, 6.07) is 1.62. The minimum absolute atomic E-state index is 0.132. The highest BCUT2D eigenvalue weighted by Gasteiger charge is 2.28. The quantitative estimate of drug-likeness (QED) is 0.755. The third-order valence-electron chi connectivity index (χ3n) is 2.78. The fraction of sp³-hybridized carbons (Fsp3) is 0.636. The van der Waals surface area contributed by atoms with Crippen LogP contribution < -0.4 is 10.5 Å². The van der Waals surface area contributed by atoms with E-state index in [2.05, 4.69) is 5.10 Å². The Balaban J connectivity index is 2.37. The second-order valence-corrected chi connectivity index (χ2v) is 5.20. The number of rotatable bonds is 1. The Hall–Kier alpha value is -1.07. The van der Waals surface area contributed by atoms with Gasteiger partial charge in [-0.15, -0.1) is 0 Å². The molecule has 0 spiro atoms. The number of anilines is 1. The molecule has 1 fully saturated rings. The van der Waals surface area contributed by atoms with Gasteiger partial charge in [0.1, 0.15) is 5.69 Å². The van der Waals surface area contributed by atoms with E-state index < -0.39 is 0 Å². The number of aromatic nitrogens is 2. The largest absolute Gasteiger partial charge is 0.372 e. The van der Waals surface area contributed by atoms with Gasteiger partial charge in [-0.1, -0.05) is 11.6 Å². The van der Waals surface area contributed by atoms with Gasteiger partial charge in [0.2, 0.25) is 0 Å². The van der Waals surface area contributed by atoms with Gasteiger partial charge in [-0.2, -0.15) is 5.10 Å². The van der Waals surface area contributed by atoms with Crippen molar-refractivity contribution in [3.63, 3.8) is 0 Å². The van der Waals surface area contributed by atoms with Gasteiger partial charge in [0.05, 0.1) is 12.2 Å². The normalized spacial score (nSPS) is 19.4. The molecule has 2 heterocycles. The lowest BCUT2D eigenvalue weighted by Crippen LogP contribution is -2.50. The van der Waals surface area contributed by atoms with Gasteiger partial charge < -0.3 is 9.64 Å². The Kier molecular flexibility index (Phi) is 3.14. The standard InChI is InChI=1S/C11H16ClN3O2/c1-11(2)7-15(4-5-17-11)8-6-9(12)13-14(3)10(8)16/h6H,4-5,7H2,1-3H3. The highest BCUT2D eigenvalue weighted by molar-refractivity contribution is 6.29. The molecule has 0 unspecified atom stereocenters. The fourth-order valence-electron chi connectivity index (χ4n) is 2.01. The van der Waals surface area contributed by atoms with E-state index in [9.17, 15) is 4.79 Å². The molecule has 0 radical (unpaired) electrons. The minimum atomic E-state index is -0.251. The third kappa shape index (κ3) is 2.61. The van der Waals surface area contributed by atoms with Crippen LogP contribution in [0.3, 0.4) is 0 Å². The van der Waals surface area contributed by atoms with E-state index in [-0.39, 0.29) is 11.2 Å². The van der Waals surface area contributed by atoms with Gasteiger partial charge in [0.25, 0.3) is 5.56 Å². The van der Waals surface area contributed by atoms with Crippen LogP contribution in [-0.2, 0) is 11.8 Å². The van der Waals surface area contributed by atoms with E-state index in [0.29, 0.717) is 30.5 Å². The number of aryl methyl sites for hydroxylation is 1. The zero-order chi connectivity index (χ0) is 12.6. The van der Waals surface area contributed by atoms with Gasteiger partial charge in [0, 0.05) is 26.2 Å². The van der Waals surface area contributed by atoms with Crippen molar-refractivity contribution >= 4 is 17.3 Å². The van der Waals surface area contributed by atoms with Crippen LogP contribution >= 0.6 is 11.6 Å². The molecule has 17 heavy (non-hydrogen) atoms. The molecule has 5 nitrogen and oxygen atoms in total. The molecule has 1 aliphatic heterocycles. The van der Waals surface area contributed by atoms with E-state index in [0.717, 1.165) is 0 Å². The second-order valence-electron chi connectivity index (χ2n) is 4.81. The molecular formula is C11H16ClN3O2. The zero-order valence-electron chi connectivity index (χ0n) is 10.2. The SMILES string of the molecule is Cn1nc(Cl)cc(N2CCOC(C)(C)C2)c1=O. The topological polar surface area (TPSA) is 47.4 Å². The van der Waals surface area contributed by atoms with Crippen LogP contribution in [0.2, 0.25) is 5.15 Å². The van der Waals surface area contributed by atoms with Gasteiger partial charge in [-0.3, -0.25) is 4.79 Å². The smallest absolute Gasteiger partial charge is 0.290 e. The number of nitrogens with zero attached hydrogens (tertiary/aromatic N) is 3. The average Bonchev–Trinajstić information content (AvgIpc) is 2.22. The lowest BCUT2D eigenvalue weighted by atomic mass is 10.1. The predicted octanol–water partition coefficient (Wildman–Crippen LogP) is 1.05. The molecule has 1 aromatic rings. The summed E-state index contributed by atoms with van der Waals surface area (Å²) in [5.74, 6) is 0. The maximum atomic E-state index is 12.0. The van der Waals surface area contributed by atoms with E-state index in [4.69, 9.17) is 16.3 Å². The van der Waals surface area contributed by atoms with Gasteiger partial charge >= 0.3 is 0 Å². The highest BCUT2D eigenvalue weighted by Crippen LogP contribution is 2.21. The van der Waals surface area contributed by atoms with Crippen molar-refractivity contribution in [2.45, 2.75) is 19.4 Å². The molecule has 0 aromatic carbocycles. The van der Waals surface area contributed by atoms with E-state index in [1.165, 1.54) is 4.68 Å². The summed E-state index contributed by atoms with van der Waals surface area (Å²) < 4.78 is 6.88. The van der Waals surface area contributed by atoms with Crippen molar-refractivity contribution in [2.75, 3.05) is 24.6 Å². The zero-order valence-corrected chi connectivity index (χ0v) is 11.0. The Labute approximate surface area is 105 Å². The molecule has 0 bridgehead atoms. The van der Waals surface area contributed by atoms with Crippen LogP contribution in [0, 0.1) is 0 Å². The van der Waals surface area contributed by atoms with Crippen molar-refractivity contribution in [3.8, 4) is 0 Å². The Bertz CT molecular complexity index is 484. The van der Waals surface area contributed by atoms with Gasteiger partial charge in [-0.25, -0.2) is 4.68 Å². The monoisotopic (exact) mass is 257 g/mol. The van der Waals surface area contributed by atoms with Crippen molar-refractivity contribution in [1.82, 2.24) is 9.78 Å². The van der Waals surface area contributed by atoms with Crippen LogP contribution in [-0.4, -0.2) is 35.1 Å². The summed E-state index contributed by atoms with van der Waals surface area (Å²) in [5.41, 5.74) is 0.204. The van der Waals surface area contributed by atoms with E-state index in [1.807, 2.05) is 18.7 Å². The van der Waals surface area contributed by atoms with Crippen molar-refractivity contribution in [3.05, 3.63) is 21.6 Å². The molecule has 0 saturated carbocycles. The fourth-order valence-corrected chi connectivity index (χ4v) is 2.22. The van der Waals surface area contributed by atoms with Crippen LogP contribution in [0.5, 0.6) is 0 Å². The lowest BCUT2D eigenvalue weighted by molar-refractivity contribution is -0.0277. The van der Waals surface area contributed by atoms with Crippen molar-refractivity contribution in [2.24, 2.45) is 7.05 Å². The molecule has 6 heteroatoms. The summed E-state index contributed by atoms with van der Waals surface area (Å²) in [6.45, 7) is 5.98. The summed E-state index contributed by atoms with van der Waals surface area (Å²) >= 11 is 5.88. The van der Waals surface area contributed by atoms with E-state index in [1.54, 1.807) is 13.1 Å². The lowest BCUT2D eigenvalue weighted by Gasteiger charge is -2.39. The predicted molar refractivity (Wildman–Crippen MR) is 66.7 cm³/mol. The molecule has 1 aromatic heterocycles. The van der Waals surface area contributed by atoms with Crippen LogP contribution in [0.1, 0.15) is 13.8 Å². The molecule has 1 aliphatic rings. The molecule has 2 rings (SSSR count). The van der Waals surface area contributed by atoms with Crippen LogP contribution in [0.4, 0.5) is 5.69 Å². The first kappa shape index (κ1) is 12.4. The minimum Gasteiger partial charge on any atom is -0.372 e. The molecule has 94 valence electrons. The summed E-state index contributed by atoms with van der Waals surface area (Å²) in [6.07, 6.45) is 0. The van der Waals surface area contributed by atoms with Crippen LogP contribution in [0.15, 0.2) is 10.9 Å². The summed E-state index contributed by atoms with van der Waals surface area (Å²) in [4.78, 5) is 14.0. The second kappa shape index (κ2) is 4.31. The van der Waals surface area contributed by atoms with E-state index >= 15 is 0 Å². The van der Waals surface area contributed by atoms with Gasteiger partial charge in [-0.05, 0) is 13.8 Å². The summed E-state index contributed by atoms with van der Waals surface area (Å²) in [5, 5.41) is 4.20. The first-order chi connectivity index (χ1) is 7.89. The third-order valence-corrected chi connectivity index (χ3v) is 2.97. The number of ether oxygens (including phenoxy) is 1. The Morgan fingerprint density at radius 3 is 2.88 bits per heavy atom. The highest BCUT2D eigenvalue weighted by atomic mass is 35.5. The number of morpholine rings is 1. The number of hydrogen-bond acceptors (Lipinski definition) is 4. The molecule has 0 amide bonds. The van der Waals surface area contributed by atoms with Crippen molar-refractivity contribution < 1.29 is 4.74 Å². The summed E-state index contributed by atoms with van der Waals surface area (Å²) in [7, 11) is 1.60. The number of hydrogen-bond donors (Lipinski definition) is 0. The molecule has 0 aliphatic carbocycles. The maximum absolute atomic E-state index is 12.0. The molecule has 1 saturated heterocycles. The maximum Gasteiger partial charge on any atom is 0.290 e. The first-order valence-electron chi connectivity index (χ1n) is 5.52. The average molecular weight is 258 g/mol. The Morgan fingerprint density at radius 1 is 1.53 bits per heavy atom. The molecule has 0 N–H and O–H groups in total.